The summed E-state index contributed by atoms with van der Waals surface area (Å²) >= 11 is 0. The number of amides is 2. The summed E-state index contributed by atoms with van der Waals surface area (Å²) in [5.74, 6) is 0.128. The van der Waals surface area contributed by atoms with Crippen LogP contribution in [0.3, 0.4) is 0 Å². The third kappa shape index (κ3) is 4.26. The predicted octanol–water partition coefficient (Wildman–Crippen LogP) is 3.76. The molecule has 1 fully saturated rings. The second-order valence-corrected chi connectivity index (χ2v) is 6.78. The Balaban J connectivity index is 1.35. The Hall–Kier alpha value is -3.34. The first-order chi connectivity index (χ1) is 13.2. The van der Waals surface area contributed by atoms with Gasteiger partial charge in [0.2, 0.25) is 5.91 Å². The van der Waals surface area contributed by atoms with Crippen LogP contribution in [0.1, 0.15) is 28.8 Å². The summed E-state index contributed by atoms with van der Waals surface area (Å²) in [7, 11) is 0. The Morgan fingerprint density at radius 2 is 1.70 bits per heavy atom. The zero-order valence-corrected chi connectivity index (χ0v) is 14.9. The molecule has 5 nitrogen and oxygen atoms in total. The maximum Gasteiger partial charge on any atom is 0.251 e. The van der Waals surface area contributed by atoms with E-state index in [2.05, 4.69) is 10.6 Å². The molecular weight excluding hydrogens is 338 g/mol. The highest BCUT2D eigenvalue weighted by Gasteiger charge is 2.29. The van der Waals surface area contributed by atoms with Crippen molar-refractivity contribution in [3.8, 4) is 5.69 Å². The first kappa shape index (κ1) is 17.1. The van der Waals surface area contributed by atoms with Gasteiger partial charge in [-0.3, -0.25) is 9.59 Å². The van der Waals surface area contributed by atoms with Gasteiger partial charge in [0.05, 0.1) is 0 Å². The topological polar surface area (TPSA) is 63.1 Å². The fourth-order valence-corrected chi connectivity index (χ4v) is 2.92. The number of carbonyl (C=O) groups is 2. The molecular formula is C22H21N3O2. The Kier molecular flexibility index (Phi) is 4.75. The molecule has 1 aliphatic carbocycles. The van der Waals surface area contributed by atoms with Gasteiger partial charge in [-0.05, 0) is 66.9 Å². The number of nitrogens with one attached hydrogen (secondary N) is 2. The Morgan fingerprint density at radius 1 is 0.963 bits per heavy atom. The minimum absolute atomic E-state index is 0.0824. The van der Waals surface area contributed by atoms with Crippen LogP contribution in [0.4, 0.5) is 5.69 Å². The summed E-state index contributed by atoms with van der Waals surface area (Å²) in [6, 6.07) is 19.0. The molecule has 1 heterocycles. The van der Waals surface area contributed by atoms with Crippen LogP contribution in [0.5, 0.6) is 0 Å². The average Bonchev–Trinajstić information content (AvgIpc) is 3.41. The Morgan fingerprint density at radius 3 is 2.41 bits per heavy atom. The molecule has 5 heteroatoms. The van der Waals surface area contributed by atoms with E-state index in [1.807, 2.05) is 77.6 Å². The van der Waals surface area contributed by atoms with Crippen LogP contribution >= 0.6 is 0 Å². The molecule has 0 unspecified atom stereocenters. The van der Waals surface area contributed by atoms with Crippen molar-refractivity contribution in [1.82, 2.24) is 9.88 Å². The molecule has 0 atom stereocenters. The maximum atomic E-state index is 12.4. The summed E-state index contributed by atoms with van der Waals surface area (Å²) in [5.41, 5.74) is 3.34. The van der Waals surface area contributed by atoms with Crippen molar-refractivity contribution < 1.29 is 9.59 Å². The van der Waals surface area contributed by atoms with Crippen molar-refractivity contribution in [2.75, 3.05) is 5.32 Å². The lowest BCUT2D eigenvalue weighted by molar-refractivity contribution is -0.117. The lowest BCUT2D eigenvalue weighted by atomic mass is 10.1. The number of benzene rings is 2. The van der Waals surface area contributed by atoms with Crippen LogP contribution in [-0.2, 0) is 11.3 Å². The van der Waals surface area contributed by atoms with Gasteiger partial charge >= 0.3 is 0 Å². The van der Waals surface area contributed by atoms with Gasteiger partial charge in [-0.15, -0.1) is 0 Å². The molecule has 2 N–H and O–H groups in total. The van der Waals surface area contributed by atoms with E-state index in [1.165, 1.54) is 0 Å². The quantitative estimate of drug-likeness (QED) is 0.704. The highest BCUT2D eigenvalue weighted by molar-refractivity contribution is 5.95. The number of carbonyl (C=O) groups excluding carboxylic acids is 2. The van der Waals surface area contributed by atoms with E-state index in [0.29, 0.717) is 12.1 Å². The van der Waals surface area contributed by atoms with E-state index < -0.39 is 0 Å². The fourth-order valence-electron chi connectivity index (χ4n) is 2.92. The smallest absolute Gasteiger partial charge is 0.251 e. The first-order valence-corrected chi connectivity index (χ1v) is 9.10. The molecule has 2 aromatic carbocycles. The molecule has 27 heavy (non-hydrogen) atoms. The largest absolute Gasteiger partial charge is 0.348 e. The van der Waals surface area contributed by atoms with Gasteiger partial charge in [-0.2, -0.15) is 0 Å². The Labute approximate surface area is 158 Å². The molecule has 0 saturated heterocycles. The monoisotopic (exact) mass is 359 g/mol. The predicted molar refractivity (Wildman–Crippen MR) is 105 cm³/mol. The third-order valence-electron chi connectivity index (χ3n) is 4.63. The zero-order chi connectivity index (χ0) is 18.6. The standard InChI is InChI=1S/C22H21N3O2/c26-21(17-8-10-20(11-9-17)25-12-1-2-13-25)23-15-16-4-3-5-19(14-16)24-22(27)18-6-7-18/h1-5,8-14,18H,6-7,15H2,(H,23,26)(H,24,27). The SMILES string of the molecule is O=C(NCc1cccc(NC(=O)C2CC2)c1)c1ccc(-n2cccc2)cc1. The first-order valence-electron chi connectivity index (χ1n) is 9.10. The van der Waals surface area contributed by atoms with E-state index in [-0.39, 0.29) is 17.7 Å². The molecule has 4 rings (SSSR count). The normalized spacial score (nSPS) is 13.2. The lowest BCUT2D eigenvalue weighted by Gasteiger charge is -2.09. The van der Waals surface area contributed by atoms with Gasteiger partial charge in [-0.1, -0.05) is 12.1 Å². The molecule has 2 amide bonds. The molecule has 0 aliphatic heterocycles. The van der Waals surface area contributed by atoms with Crippen LogP contribution in [-0.4, -0.2) is 16.4 Å². The molecule has 1 saturated carbocycles. The molecule has 136 valence electrons. The van der Waals surface area contributed by atoms with E-state index in [1.54, 1.807) is 0 Å². The van der Waals surface area contributed by atoms with Gasteiger partial charge in [0.15, 0.2) is 0 Å². The number of aromatic nitrogens is 1. The summed E-state index contributed by atoms with van der Waals surface area (Å²) in [6.45, 7) is 0.408. The van der Waals surface area contributed by atoms with Gasteiger partial charge in [0.25, 0.3) is 5.91 Å². The highest BCUT2D eigenvalue weighted by atomic mass is 16.2. The van der Waals surface area contributed by atoms with E-state index in [9.17, 15) is 9.59 Å². The van der Waals surface area contributed by atoms with Crippen molar-refractivity contribution in [2.45, 2.75) is 19.4 Å². The van der Waals surface area contributed by atoms with Crippen molar-refractivity contribution in [1.29, 1.82) is 0 Å². The van der Waals surface area contributed by atoms with Crippen LogP contribution in [0.2, 0.25) is 0 Å². The third-order valence-corrected chi connectivity index (χ3v) is 4.63. The van der Waals surface area contributed by atoms with Crippen molar-refractivity contribution in [2.24, 2.45) is 5.92 Å². The molecule has 3 aromatic rings. The second-order valence-electron chi connectivity index (χ2n) is 6.78. The fraction of sp³-hybridized carbons (Fsp3) is 0.182. The number of anilines is 1. The summed E-state index contributed by atoms with van der Waals surface area (Å²) in [5, 5.41) is 5.86. The minimum Gasteiger partial charge on any atom is -0.348 e. The number of hydrogen-bond acceptors (Lipinski definition) is 2. The van der Waals surface area contributed by atoms with Crippen LogP contribution in [0.25, 0.3) is 5.69 Å². The lowest BCUT2D eigenvalue weighted by Crippen LogP contribution is -2.23. The van der Waals surface area contributed by atoms with Gasteiger partial charge < -0.3 is 15.2 Å². The van der Waals surface area contributed by atoms with Gasteiger partial charge in [0.1, 0.15) is 0 Å². The van der Waals surface area contributed by atoms with E-state index >= 15 is 0 Å². The summed E-state index contributed by atoms with van der Waals surface area (Å²) in [6.07, 6.45) is 5.88. The van der Waals surface area contributed by atoms with Crippen LogP contribution in [0, 0.1) is 5.92 Å². The highest BCUT2D eigenvalue weighted by Crippen LogP contribution is 2.30. The molecule has 1 aromatic heterocycles. The number of rotatable bonds is 6. The average molecular weight is 359 g/mol. The molecule has 0 bridgehead atoms. The zero-order valence-electron chi connectivity index (χ0n) is 14.9. The van der Waals surface area contributed by atoms with Gasteiger partial charge in [0, 0.05) is 41.8 Å². The van der Waals surface area contributed by atoms with Crippen molar-refractivity contribution in [3.63, 3.8) is 0 Å². The van der Waals surface area contributed by atoms with Crippen molar-refractivity contribution >= 4 is 17.5 Å². The molecule has 1 aliphatic rings. The summed E-state index contributed by atoms with van der Waals surface area (Å²) in [4.78, 5) is 24.3. The summed E-state index contributed by atoms with van der Waals surface area (Å²) < 4.78 is 1.99. The Bertz CT molecular complexity index is 942. The minimum atomic E-state index is -0.124. The molecule has 0 radical (unpaired) electrons. The number of hydrogen-bond donors (Lipinski definition) is 2. The maximum absolute atomic E-state index is 12.4. The van der Waals surface area contributed by atoms with Crippen molar-refractivity contribution in [3.05, 3.63) is 84.2 Å². The molecule has 0 spiro atoms. The van der Waals surface area contributed by atoms with E-state index in [0.717, 1.165) is 29.8 Å². The number of nitrogens with zero attached hydrogens (tertiary/aromatic N) is 1. The van der Waals surface area contributed by atoms with Gasteiger partial charge in [-0.25, -0.2) is 0 Å². The van der Waals surface area contributed by atoms with Crippen LogP contribution < -0.4 is 10.6 Å². The van der Waals surface area contributed by atoms with Crippen LogP contribution in [0.15, 0.2) is 73.1 Å². The second kappa shape index (κ2) is 7.50. The van der Waals surface area contributed by atoms with E-state index in [4.69, 9.17) is 0 Å².